The van der Waals surface area contributed by atoms with Gasteiger partial charge in [0, 0.05) is 31.2 Å². The van der Waals surface area contributed by atoms with Crippen molar-refractivity contribution >= 4 is 45.6 Å². The molecule has 4 heterocycles. The Labute approximate surface area is 224 Å². The predicted octanol–water partition coefficient (Wildman–Crippen LogP) is 5.43. The van der Waals surface area contributed by atoms with E-state index < -0.39 is 24.1 Å². The van der Waals surface area contributed by atoms with E-state index >= 15 is 0 Å². The first-order chi connectivity index (χ1) is 18.1. The van der Waals surface area contributed by atoms with Gasteiger partial charge in [-0.1, -0.05) is 25.4 Å². The average molecular weight is 545 g/mol. The van der Waals surface area contributed by atoms with Gasteiger partial charge in [-0.15, -0.1) is 0 Å². The maximum absolute atomic E-state index is 14.9. The van der Waals surface area contributed by atoms with Crippen LogP contribution in [-0.2, 0) is 7.05 Å². The number of nitrogens with one attached hydrogen (secondary N) is 2. The lowest BCUT2D eigenvalue weighted by atomic mass is 9.89. The number of hydrogen-bond donors (Lipinski definition) is 2. The van der Waals surface area contributed by atoms with Crippen molar-refractivity contribution in [3.05, 3.63) is 39.8 Å². The van der Waals surface area contributed by atoms with Gasteiger partial charge < -0.3 is 24.8 Å². The molecule has 1 aromatic carbocycles. The number of aryl methyl sites for hydroxylation is 1. The highest BCUT2D eigenvalue weighted by molar-refractivity contribution is 6.32. The molecule has 0 amide bonds. The summed E-state index contributed by atoms with van der Waals surface area (Å²) < 4.78 is 36.7. The second-order valence-corrected chi connectivity index (χ2v) is 11.4. The monoisotopic (exact) mass is 544 g/mol. The number of alkyl halides is 2. The first-order valence-electron chi connectivity index (χ1n) is 13.1. The lowest BCUT2D eigenvalue weighted by Gasteiger charge is -2.35. The van der Waals surface area contributed by atoms with Gasteiger partial charge in [0.1, 0.15) is 5.02 Å². The Morgan fingerprint density at radius 1 is 1.21 bits per heavy atom. The molecule has 1 aliphatic carbocycles. The van der Waals surface area contributed by atoms with Crippen molar-refractivity contribution in [1.82, 2.24) is 14.5 Å². The molecular formula is C27H31ClF2N6O2. The van der Waals surface area contributed by atoms with Crippen molar-refractivity contribution in [2.75, 3.05) is 35.2 Å². The fraction of sp³-hybridized carbons (Fsp3) is 0.519. The molecule has 1 saturated carbocycles. The van der Waals surface area contributed by atoms with Crippen LogP contribution >= 0.6 is 11.6 Å². The largest absolute Gasteiger partial charge is 0.480 e. The van der Waals surface area contributed by atoms with E-state index in [1.165, 1.54) is 4.57 Å². The van der Waals surface area contributed by atoms with Crippen LogP contribution in [0.15, 0.2) is 29.2 Å². The molecule has 6 rings (SSSR count). The predicted molar refractivity (Wildman–Crippen MR) is 145 cm³/mol. The standard InChI is InChI=1S/C27H31ClF2N6O2/c1-14-8-9-36(12-15(14)2)26-31-11-19(28)24(34-26)32-17-6-7-20-18(10-17)21-22(25(37)35(20)3)38-13-27(29,30)23(33-21)16-4-5-16/h6-7,10-11,14-16,23,33H,4-5,8-9,12-13H2,1-3H3,(H,31,32,34)/t14?,15?,23-/m0/s1. The summed E-state index contributed by atoms with van der Waals surface area (Å²) in [5.41, 5.74) is 1.08. The summed E-state index contributed by atoms with van der Waals surface area (Å²) in [6, 6.07) is 4.30. The fourth-order valence-electron chi connectivity index (χ4n) is 5.47. The number of piperidine rings is 1. The Morgan fingerprint density at radius 2 is 2.00 bits per heavy atom. The van der Waals surface area contributed by atoms with Crippen molar-refractivity contribution in [1.29, 1.82) is 0 Å². The van der Waals surface area contributed by atoms with E-state index in [1.54, 1.807) is 25.4 Å². The summed E-state index contributed by atoms with van der Waals surface area (Å²) in [5, 5.41) is 7.24. The Balaban J connectivity index is 1.37. The molecule has 202 valence electrons. The molecule has 2 aromatic heterocycles. The van der Waals surface area contributed by atoms with Crippen molar-refractivity contribution in [3.8, 4) is 5.75 Å². The lowest BCUT2D eigenvalue weighted by Crippen LogP contribution is -2.44. The van der Waals surface area contributed by atoms with Crippen LogP contribution in [0.3, 0.4) is 0 Å². The summed E-state index contributed by atoms with van der Waals surface area (Å²) in [7, 11) is 1.61. The molecule has 8 nitrogen and oxygen atoms in total. The van der Waals surface area contributed by atoms with Crippen LogP contribution in [0.25, 0.3) is 10.9 Å². The van der Waals surface area contributed by atoms with Crippen molar-refractivity contribution in [2.45, 2.75) is 45.1 Å². The number of rotatable bonds is 4. The zero-order valence-corrected chi connectivity index (χ0v) is 22.4. The zero-order chi connectivity index (χ0) is 26.8. The molecule has 2 aliphatic heterocycles. The summed E-state index contributed by atoms with van der Waals surface area (Å²) in [6.45, 7) is 5.42. The van der Waals surface area contributed by atoms with E-state index in [-0.39, 0.29) is 11.7 Å². The van der Waals surface area contributed by atoms with Crippen molar-refractivity contribution < 1.29 is 13.5 Å². The number of nitrogens with zero attached hydrogens (tertiary/aromatic N) is 4. The molecule has 2 unspecified atom stereocenters. The Kier molecular flexibility index (Phi) is 6.13. The molecule has 1 saturated heterocycles. The maximum Gasteiger partial charge on any atom is 0.301 e. The van der Waals surface area contributed by atoms with Crippen LogP contribution in [0.4, 0.5) is 31.9 Å². The highest BCUT2D eigenvalue weighted by atomic mass is 35.5. The average Bonchev–Trinajstić information content (AvgIpc) is 3.73. The third kappa shape index (κ3) is 4.42. The van der Waals surface area contributed by atoms with Crippen LogP contribution in [0.5, 0.6) is 5.75 Å². The molecule has 0 radical (unpaired) electrons. The minimum atomic E-state index is -3.10. The quantitative estimate of drug-likeness (QED) is 0.453. The number of hydrogen-bond acceptors (Lipinski definition) is 7. The van der Waals surface area contributed by atoms with E-state index in [2.05, 4.69) is 34.4 Å². The molecule has 11 heteroatoms. The number of aromatic nitrogens is 3. The van der Waals surface area contributed by atoms with E-state index in [4.69, 9.17) is 21.3 Å². The molecule has 0 spiro atoms. The highest BCUT2D eigenvalue weighted by Gasteiger charge is 2.51. The van der Waals surface area contributed by atoms with Gasteiger partial charge in [0.25, 0.3) is 5.56 Å². The van der Waals surface area contributed by atoms with Gasteiger partial charge in [0.15, 0.2) is 12.4 Å². The van der Waals surface area contributed by atoms with Gasteiger partial charge in [-0.2, -0.15) is 4.98 Å². The molecule has 2 N–H and O–H groups in total. The van der Waals surface area contributed by atoms with Gasteiger partial charge in [-0.05, 0) is 55.2 Å². The van der Waals surface area contributed by atoms with Crippen molar-refractivity contribution in [3.63, 3.8) is 0 Å². The highest BCUT2D eigenvalue weighted by Crippen LogP contribution is 2.45. The van der Waals surface area contributed by atoms with E-state index in [1.807, 2.05) is 6.07 Å². The van der Waals surface area contributed by atoms with Crippen LogP contribution in [0.1, 0.15) is 33.1 Å². The molecule has 3 atom stereocenters. The van der Waals surface area contributed by atoms with Gasteiger partial charge in [-0.25, -0.2) is 13.8 Å². The molecule has 3 aliphatic rings. The number of pyridine rings is 1. The fourth-order valence-corrected chi connectivity index (χ4v) is 5.60. The van der Waals surface area contributed by atoms with E-state index in [9.17, 15) is 13.6 Å². The third-order valence-electron chi connectivity index (χ3n) is 8.22. The Hall–Kier alpha value is -3.14. The number of anilines is 4. The first kappa shape index (κ1) is 25.2. The molecule has 2 fully saturated rings. The molecule has 0 bridgehead atoms. The van der Waals surface area contributed by atoms with Crippen LogP contribution in [0.2, 0.25) is 5.02 Å². The smallest absolute Gasteiger partial charge is 0.301 e. The normalized spacial score (nSPS) is 24.8. The van der Waals surface area contributed by atoms with Gasteiger partial charge in [0.05, 0.1) is 23.4 Å². The van der Waals surface area contributed by atoms with E-state index in [0.717, 1.165) is 32.4 Å². The van der Waals surface area contributed by atoms with E-state index in [0.29, 0.717) is 50.9 Å². The third-order valence-corrected chi connectivity index (χ3v) is 8.50. The second kappa shape index (κ2) is 9.25. The molecular weight excluding hydrogens is 514 g/mol. The molecule has 38 heavy (non-hydrogen) atoms. The number of fused-ring (bicyclic) bond motifs is 3. The summed E-state index contributed by atoms with van der Waals surface area (Å²) in [4.78, 5) is 24.4. The van der Waals surface area contributed by atoms with Gasteiger partial charge in [-0.3, -0.25) is 4.79 Å². The maximum atomic E-state index is 14.9. The Morgan fingerprint density at radius 3 is 2.74 bits per heavy atom. The lowest BCUT2D eigenvalue weighted by molar-refractivity contribution is -0.0579. The number of benzene rings is 1. The number of halogens is 3. The topological polar surface area (TPSA) is 84.3 Å². The molecule has 3 aromatic rings. The van der Waals surface area contributed by atoms with Gasteiger partial charge >= 0.3 is 5.92 Å². The Bertz CT molecular complexity index is 1460. The summed E-state index contributed by atoms with van der Waals surface area (Å²) >= 11 is 6.46. The minimum Gasteiger partial charge on any atom is -0.480 e. The van der Waals surface area contributed by atoms with Crippen LogP contribution < -0.4 is 25.8 Å². The zero-order valence-electron chi connectivity index (χ0n) is 21.6. The minimum absolute atomic E-state index is 0.0872. The first-order valence-corrected chi connectivity index (χ1v) is 13.5. The van der Waals surface area contributed by atoms with Crippen LogP contribution in [0, 0.1) is 17.8 Å². The summed E-state index contributed by atoms with van der Waals surface area (Å²) in [6.07, 6.45) is 4.10. The van der Waals surface area contributed by atoms with Gasteiger partial charge in [0.2, 0.25) is 11.7 Å². The van der Waals surface area contributed by atoms with Crippen LogP contribution in [-0.4, -0.2) is 46.2 Å². The summed E-state index contributed by atoms with van der Waals surface area (Å²) in [5.74, 6) is -1.10. The SMILES string of the molecule is CC1CCN(c2ncc(Cl)c(Nc3ccc4c(c3)c3c(c(=O)n4C)OCC(F)(F)[C@H](C4CC4)N3)n2)CC1C. The number of ether oxygens (including phenoxy) is 1. The van der Waals surface area contributed by atoms with Crippen molar-refractivity contribution in [2.24, 2.45) is 24.8 Å². The second-order valence-electron chi connectivity index (χ2n) is 11.0.